The summed E-state index contributed by atoms with van der Waals surface area (Å²) in [4.78, 5) is 13.0. The van der Waals surface area contributed by atoms with E-state index in [1.54, 1.807) is 11.8 Å². The van der Waals surface area contributed by atoms with E-state index in [0.717, 1.165) is 0 Å². The number of carbonyl (C=O) groups excluding carboxylic acids is 1. The molecule has 0 saturated heterocycles. The molecular weight excluding hydrogens is 228 g/mol. The monoisotopic (exact) mass is 250 g/mol. The molecule has 0 heterocycles. The van der Waals surface area contributed by atoms with Crippen LogP contribution in [0.25, 0.3) is 0 Å². The molecule has 0 aromatic heterocycles. The van der Waals surface area contributed by atoms with Crippen molar-refractivity contribution in [2.75, 3.05) is 18.8 Å². The zero-order valence-electron chi connectivity index (χ0n) is 10.7. The quantitative estimate of drug-likeness (QED) is 0.776. The van der Waals surface area contributed by atoms with E-state index >= 15 is 0 Å². The van der Waals surface area contributed by atoms with Crippen LogP contribution in [0, 0.1) is 0 Å². The Morgan fingerprint density at radius 1 is 1.31 bits per heavy atom. The third kappa shape index (κ3) is 5.46. The van der Waals surface area contributed by atoms with Crippen LogP contribution < -0.4 is 4.72 Å². The largest absolute Gasteiger partial charge is 0.337 e. The van der Waals surface area contributed by atoms with Crippen LogP contribution in [0.5, 0.6) is 0 Å². The van der Waals surface area contributed by atoms with Gasteiger partial charge in [-0.2, -0.15) is 0 Å². The summed E-state index contributed by atoms with van der Waals surface area (Å²) in [6.07, 6.45) is 0. The van der Waals surface area contributed by atoms with Gasteiger partial charge in [0.1, 0.15) is 0 Å². The fraction of sp³-hybridized carbons (Fsp3) is 0.900. The van der Waals surface area contributed by atoms with Gasteiger partial charge in [-0.15, -0.1) is 0 Å². The van der Waals surface area contributed by atoms with E-state index in [1.165, 1.54) is 6.92 Å². The summed E-state index contributed by atoms with van der Waals surface area (Å²) in [5, 5.41) is 0. The van der Waals surface area contributed by atoms with E-state index < -0.39 is 10.0 Å². The molecule has 0 atom stereocenters. The lowest BCUT2D eigenvalue weighted by atomic mass is 10.1. The molecule has 0 aliphatic heterocycles. The van der Waals surface area contributed by atoms with Crippen LogP contribution in [0.15, 0.2) is 0 Å². The van der Waals surface area contributed by atoms with Crippen molar-refractivity contribution >= 4 is 15.9 Å². The van der Waals surface area contributed by atoms with Gasteiger partial charge in [-0.1, -0.05) is 0 Å². The van der Waals surface area contributed by atoms with Gasteiger partial charge in [-0.25, -0.2) is 13.1 Å². The van der Waals surface area contributed by atoms with E-state index in [0.29, 0.717) is 6.54 Å². The zero-order valence-corrected chi connectivity index (χ0v) is 11.5. The molecule has 0 rings (SSSR count). The highest BCUT2D eigenvalue weighted by molar-refractivity contribution is 7.89. The normalized spacial score (nSPS) is 12.6. The highest BCUT2D eigenvalue weighted by Gasteiger charge is 2.23. The average Bonchev–Trinajstić information content (AvgIpc) is 2.09. The first-order valence-corrected chi connectivity index (χ1v) is 7.01. The third-order valence-corrected chi connectivity index (χ3v) is 3.63. The van der Waals surface area contributed by atoms with Crippen LogP contribution in [-0.4, -0.2) is 43.6 Å². The number of rotatable bonds is 5. The van der Waals surface area contributed by atoms with Crippen molar-refractivity contribution in [1.82, 2.24) is 9.62 Å². The highest BCUT2D eigenvalue weighted by atomic mass is 32.2. The summed E-state index contributed by atoms with van der Waals surface area (Å²) >= 11 is 0. The van der Waals surface area contributed by atoms with Gasteiger partial charge in [-0.05, 0) is 27.7 Å². The van der Waals surface area contributed by atoms with Gasteiger partial charge in [0.25, 0.3) is 0 Å². The van der Waals surface area contributed by atoms with Gasteiger partial charge >= 0.3 is 0 Å². The summed E-state index contributed by atoms with van der Waals surface area (Å²) in [5.41, 5.74) is -0.288. The number of carbonyl (C=O) groups is 1. The molecule has 0 unspecified atom stereocenters. The molecule has 0 bridgehead atoms. The van der Waals surface area contributed by atoms with Crippen LogP contribution in [0.4, 0.5) is 0 Å². The van der Waals surface area contributed by atoms with Crippen molar-refractivity contribution in [1.29, 1.82) is 0 Å². The molecule has 0 aliphatic rings. The fourth-order valence-electron chi connectivity index (χ4n) is 1.38. The molecule has 16 heavy (non-hydrogen) atoms. The van der Waals surface area contributed by atoms with Crippen LogP contribution in [0.1, 0.15) is 34.6 Å². The average molecular weight is 250 g/mol. The summed E-state index contributed by atoms with van der Waals surface area (Å²) in [5.74, 6) is 0.00553. The molecule has 5 nitrogen and oxygen atoms in total. The first-order chi connectivity index (χ1) is 7.10. The second-order valence-electron chi connectivity index (χ2n) is 4.64. The van der Waals surface area contributed by atoms with E-state index in [4.69, 9.17) is 0 Å². The predicted octanol–water partition coefficient (Wildman–Crippen LogP) is 0.573. The van der Waals surface area contributed by atoms with Gasteiger partial charge in [-0.3, -0.25) is 4.79 Å². The Bertz CT molecular complexity index is 330. The first-order valence-electron chi connectivity index (χ1n) is 5.35. The first kappa shape index (κ1) is 15.4. The number of hydrogen-bond acceptors (Lipinski definition) is 3. The maximum Gasteiger partial charge on any atom is 0.219 e. The molecule has 1 N–H and O–H groups in total. The minimum atomic E-state index is -3.17. The Hall–Kier alpha value is -0.620. The molecule has 0 spiro atoms. The molecule has 1 amide bonds. The van der Waals surface area contributed by atoms with Gasteiger partial charge in [0.05, 0.1) is 5.75 Å². The van der Waals surface area contributed by atoms with Crippen molar-refractivity contribution in [2.24, 2.45) is 0 Å². The SMILES string of the molecule is CCS(=O)(=O)NCCN(C(C)=O)C(C)(C)C. The number of sulfonamides is 1. The number of amides is 1. The maximum atomic E-state index is 11.4. The number of nitrogens with one attached hydrogen (secondary N) is 1. The summed E-state index contributed by atoms with van der Waals surface area (Å²) in [6.45, 7) is 9.47. The number of nitrogens with zero attached hydrogens (tertiary/aromatic N) is 1. The Labute approximate surface area is 98.3 Å². The topological polar surface area (TPSA) is 66.5 Å². The van der Waals surface area contributed by atoms with Crippen molar-refractivity contribution in [2.45, 2.75) is 40.2 Å². The van der Waals surface area contributed by atoms with E-state index in [9.17, 15) is 13.2 Å². The van der Waals surface area contributed by atoms with Crippen LogP contribution in [-0.2, 0) is 14.8 Å². The molecule has 6 heteroatoms. The lowest BCUT2D eigenvalue weighted by Crippen LogP contribution is -2.48. The highest BCUT2D eigenvalue weighted by Crippen LogP contribution is 2.12. The Kier molecular flexibility index (Phi) is 5.41. The standard InChI is InChI=1S/C10H22N2O3S/c1-6-16(14,15)11-7-8-12(9(2)13)10(3,4)5/h11H,6-8H2,1-5H3. The minimum Gasteiger partial charge on any atom is -0.337 e. The molecular formula is C10H22N2O3S. The second-order valence-corrected chi connectivity index (χ2v) is 6.73. The summed E-state index contributed by atoms with van der Waals surface area (Å²) in [6, 6.07) is 0. The van der Waals surface area contributed by atoms with Gasteiger partial charge in [0.2, 0.25) is 15.9 Å². The molecule has 96 valence electrons. The van der Waals surface area contributed by atoms with E-state index in [2.05, 4.69) is 4.72 Å². The van der Waals surface area contributed by atoms with Crippen molar-refractivity contribution in [3.63, 3.8) is 0 Å². The van der Waals surface area contributed by atoms with E-state index in [1.807, 2.05) is 20.8 Å². The second kappa shape index (κ2) is 5.63. The summed E-state index contributed by atoms with van der Waals surface area (Å²) < 4.78 is 24.8. The molecule has 0 aromatic carbocycles. The third-order valence-electron chi connectivity index (χ3n) is 2.23. The van der Waals surface area contributed by atoms with Gasteiger partial charge < -0.3 is 4.90 Å². The van der Waals surface area contributed by atoms with Crippen LogP contribution in [0.3, 0.4) is 0 Å². The maximum absolute atomic E-state index is 11.4. The van der Waals surface area contributed by atoms with Gasteiger partial charge in [0.15, 0.2) is 0 Å². The van der Waals surface area contributed by atoms with Crippen molar-refractivity contribution in [3.8, 4) is 0 Å². The Morgan fingerprint density at radius 2 is 1.81 bits per heavy atom. The lowest BCUT2D eigenvalue weighted by Gasteiger charge is -2.35. The molecule has 0 fully saturated rings. The van der Waals surface area contributed by atoms with Crippen molar-refractivity contribution in [3.05, 3.63) is 0 Å². The van der Waals surface area contributed by atoms with Gasteiger partial charge in [0, 0.05) is 25.6 Å². The van der Waals surface area contributed by atoms with Crippen LogP contribution >= 0.6 is 0 Å². The zero-order chi connectivity index (χ0) is 13.0. The smallest absolute Gasteiger partial charge is 0.219 e. The number of hydrogen-bond donors (Lipinski definition) is 1. The fourth-order valence-corrected chi connectivity index (χ4v) is 1.99. The molecule has 0 radical (unpaired) electrons. The van der Waals surface area contributed by atoms with Crippen LogP contribution in [0.2, 0.25) is 0 Å². The Morgan fingerprint density at radius 3 is 2.12 bits per heavy atom. The lowest BCUT2D eigenvalue weighted by molar-refractivity contribution is -0.133. The predicted molar refractivity (Wildman–Crippen MR) is 64.6 cm³/mol. The minimum absolute atomic E-state index is 0.0526. The van der Waals surface area contributed by atoms with Crippen molar-refractivity contribution < 1.29 is 13.2 Å². The molecule has 0 saturated carbocycles. The molecule has 0 aromatic rings. The Balaban J connectivity index is 4.32. The molecule has 0 aliphatic carbocycles. The summed E-state index contributed by atoms with van der Waals surface area (Å²) in [7, 11) is -3.17. The van der Waals surface area contributed by atoms with E-state index in [-0.39, 0.29) is 23.7 Å².